The highest BCUT2D eigenvalue weighted by atomic mass is 35.5. The van der Waals surface area contributed by atoms with Gasteiger partial charge in [0.15, 0.2) is 11.0 Å². The molecule has 0 radical (unpaired) electrons. The molecule has 1 aliphatic rings. The summed E-state index contributed by atoms with van der Waals surface area (Å²) in [7, 11) is 1.73. The van der Waals surface area contributed by atoms with Crippen LogP contribution < -0.4 is 4.90 Å². The quantitative estimate of drug-likeness (QED) is 0.786. The molecular formula is C10H14ClN3O. The maximum absolute atomic E-state index is 5.98. The van der Waals surface area contributed by atoms with Gasteiger partial charge in [0.2, 0.25) is 0 Å². The van der Waals surface area contributed by atoms with E-state index in [-0.39, 0.29) is 0 Å². The van der Waals surface area contributed by atoms with E-state index in [9.17, 15) is 0 Å². The summed E-state index contributed by atoms with van der Waals surface area (Å²) in [6, 6.07) is 0. The van der Waals surface area contributed by atoms with Crippen molar-refractivity contribution in [1.29, 1.82) is 0 Å². The van der Waals surface area contributed by atoms with E-state index in [4.69, 9.17) is 16.3 Å². The first-order valence-electron chi connectivity index (χ1n) is 5.01. The van der Waals surface area contributed by atoms with Crippen molar-refractivity contribution in [2.24, 2.45) is 5.92 Å². The molecule has 1 aromatic heterocycles. The number of methoxy groups -OCH3 is 1. The number of halogens is 1. The lowest BCUT2D eigenvalue weighted by molar-refractivity contribution is 0.161. The molecule has 0 aliphatic carbocycles. The van der Waals surface area contributed by atoms with E-state index in [2.05, 4.69) is 14.9 Å². The van der Waals surface area contributed by atoms with Crippen molar-refractivity contribution in [2.75, 3.05) is 31.7 Å². The van der Waals surface area contributed by atoms with Crippen molar-refractivity contribution in [2.45, 2.75) is 6.42 Å². The number of hydrogen-bond donors (Lipinski definition) is 0. The highest BCUT2D eigenvalue weighted by Gasteiger charge is 2.24. The van der Waals surface area contributed by atoms with Crippen LogP contribution in [0.15, 0.2) is 12.4 Å². The normalized spacial score (nSPS) is 20.9. The highest BCUT2D eigenvalue weighted by Crippen LogP contribution is 2.26. The molecule has 2 heterocycles. The topological polar surface area (TPSA) is 38.2 Å². The van der Waals surface area contributed by atoms with Crippen molar-refractivity contribution >= 4 is 17.4 Å². The van der Waals surface area contributed by atoms with Crippen LogP contribution in [0.4, 0.5) is 5.82 Å². The zero-order valence-electron chi connectivity index (χ0n) is 8.69. The minimum Gasteiger partial charge on any atom is -0.384 e. The van der Waals surface area contributed by atoms with E-state index in [1.165, 1.54) is 0 Å². The summed E-state index contributed by atoms with van der Waals surface area (Å²) in [6.45, 7) is 2.73. The van der Waals surface area contributed by atoms with Gasteiger partial charge < -0.3 is 9.64 Å². The zero-order chi connectivity index (χ0) is 10.7. The van der Waals surface area contributed by atoms with Crippen molar-refractivity contribution in [3.05, 3.63) is 17.5 Å². The fraction of sp³-hybridized carbons (Fsp3) is 0.600. The van der Waals surface area contributed by atoms with Crippen LogP contribution in [0.1, 0.15) is 6.42 Å². The zero-order valence-corrected chi connectivity index (χ0v) is 9.44. The summed E-state index contributed by atoms with van der Waals surface area (Å²) in [5.41, 5.74) is 0. The van der Waals surface area contributed by atoms with E-state index in [1.807, 2.05) is 0 Å². The van der Waals surface area contributed by atoms with Crippen molar-refractivity contribution in [3.8, 4) is 0 Å². The predicted octanol–water partition coefficient (Wildman–Crippen LogP) is 1.60. The van der Waals surface area contributed by atoms with Gasteiger partial charge in [0.25, 0.3) is 0 Å². The van der Waals surface area contributed by atoms with Gasteiger partial charge in [0, 0.05) is 38.5 Å². The molecule has 15 heavy (non-hydrogen) atoms. The lowest BCUT2D eigenvalue weighted by Gasteiger charge is -2.17. The molecule has 0 bridgehead atoms. The third-order valence-corrected chi connectivity index (χ3v) is 2.89. The Morgan fingerprint density at radius 3 is 3.07 bits per heavy atom. The molecule has 1 atom stereocenters. The van der Waals surface area contributed by atoms with Gasteiger partial charge in [-0.3, -0.25) is 0 Å². The molecule has 82 valence electrons. The third-order valence-electron chi connectivity index (χ3n) is 2.62. The van der Waals surface area contributed by atoms with Gasteiger partial charge in [-0.05, 0) is 6.42 Å². The van der Waals surface area contributed by atoms with Gasteiger partial charge in [0.05, 0.1) is 6.61 Å². The Labute approximate surface area is 94.2 Å². The van der Waals surface area contributed by atoms with Gasteiger partial charge in [-0.25, -0.2) is 9.97 Å². The van der Waals surface area contributed by atoms with Crippen molar-refractivity contribution in [1.82, 2.24) is 9.97 Å². The summed E-state index contributed by atoms with van der Waals surface area (Å²) >= 11 is 5.98. The van der Waals surface area contributed by atoms with Gasteiger partial charge >= 0.3 is 0 Å². The average molecular weight is 228 g/mol. The number of nitrogens with zero attached hydrogens (tertiary/aromatic N) is 3. The van der Waals surface area contributed by atoms with Crippen LogP contribution in [-0.4, -0.2) is 36.8 Å². The molecule has 0 amide bonds. The molecule has 1 fully saturated rings. The lowest BCUT2D eigenvalue weighted by atomic mass is 10.1. The lowest BCUT2D eigenvalue weighted by Crippen LogP contribution is -2.22. The monoisotopic (exact) mass is 227 g/mol. The number of hydrogen-bond acceptors (Lipinski definition) is 4. The molecule has 0 saturated carbocycles. The molecular weight excluding hydrogens is 214 g/mol. The van der Waals surface area contributed by atoms with Crippen LogP contribution in [0.2, 0.25) is 5.15 Å². The highest BCUT2D eigenvalue weighted by molar-refractivity contribution is 6.31. The Morgan fingerprint density at radius 2 is 2.33 bits per heavy atom. The number of aromatic nitrogens is 2. The Bertz CT molecular complexity index is 334. The third kappa shape index (κ3) is 2.38. The first kappa shape index (κ1) is 10.6. The summed E-state index contributed by atoms with van der Waals surface area (Å²) in [6.07, 6.45) is 4.40. The van der Waals surface area contributed by atoms with Gasteiger partial charge in [-0.2, -0.15) is 0 Å². The van der Waals surface area contributed by atoms with Crippen LogP contribution in [0, 0.1) is 5.92 Å². The maximum atomic E-state index is 5.98. The Kier molecular flexibility index (Phi) is 3.38. The number of rotatable bonds is 3. The Balaban J connectivity index is 2.04. The van der Waals surface area contributed by atoms with Gasteiger partial charge in [0.1, 0.15) is 0 Å². The minimum atomic E-state index is 0.482. The largest absolute Gasteiger partial charge is 0.384 e. The SMILES string of the molecule is COC[C@@H]1CCN(c2nccnc2Cl)C1. The maximum Gasteiger partial charge on any atom is 0.171 e. The van der Waals surface area contributed by atoms with Gasteiger partial charge in [-0.1, -0.05) is 11.6 Å². The molecule has 0 N–H and O–H groups in total. The standard InChI is InChI=1S/C10H14ClN3O/c1-15-7-8-2-5-14(6-8)10-9(11)12-3-4-13-10/h3-4,8H,2,5-7H2,1H3/t8-/m1/s1. The molecule has 1 aromatic rings. The van der Waals surface area contributed by atoms with Crippen LogP contribution >= 0.6 is 11.6 Å². The Morgan fingerprint density at radius 1 is 1.53 bits per heavy atom. The van der Waals surface area contributed by atoms with Crippen LogP contribution in [0.5, 0.6) is 0 Å². The second-order valence-electron chi connectivity index (χ2n) is 3.73. The number of anilines is 1. The molecule has 2 rings (SSSR count). The molecule has 1 saturated heterocycles. The van der Waals surface area contributed by atoms with Crippen LogP contribution in [-0.2, 0) is 4.74 Å². The van der Waals surface area contributed by atoms with Crippen LogP contribution in [0.3, 0.4) is 0 Å². The fourth-order valence-electron chi connectivity index (χ4n) is 1.92. The van der Waals surface area contributed by atoms with E-state index in [1.54, 1.807) is 19.5 Å². The van der Waals surface area contributed by atoms with E-state index >= 15 is 0 Å². The molecule has 0 spiro atoms. The molecule has 4 nitrogen and oxygen atoms in total. The first-order valence-corrected chi connectivity index (χ1v) is 5.39. The molecule has 1 aliphatic heterocycles. The number of ether oxygens (including phenoxy) is 1. The van der Waals surface area contributed by atoms with E-state index in [0.717, 1.165) is 31.9 Å². The van der Waals surface area contributed by atoms with Crippen LogP contribution in [0.25, 0.3) is 0 Å². The minimum absolute atomic E-state index is 0.482. The summed E-state index contributed by atoms with van der Waals surface area (Å²) in [4.78, 5) is 10.4. The van der Waals surface area contributed by atoms with E-state index in [0.29, 0.717) is 11.1 Å². The molecule has 0 unspecified atom stereocenters. The smallest absolute Gasteiger partial charge is 0.171 e. The molecule has 0 aromatic carbocycles. The first-order chi connectivity index (χ1) is 7.31. The predicted molar refractivity (Wildman–Crippen MR) is 59.2 cm³/mol. The van der Waals surface area contributed by atoms with Crippen molar-refractivity contribution in [3.63, 3.8) is 0 Å². The second-order valence-corrected chi connectivity index (χ2v) is 4.08. The fourth-order valence-corrected chi connectivity index (χ4v) is 2.15. The van der Waals surface area contributed by atoms with E-state index < -0.39 is 0 Å². The summed E-state index contributed by atoms with van der Waals surface area (Å²) < 4.78 is 5.14. The Hall–Kier alpha value is -0.870. The second kappa shape index (κ2) is 4.77. The van der Waals surface area contributed by atoms with Gasteiger partial charge in [-0.15, -0.1) is 0 Å². The summed E-state index contributed by atoms with van der Waals surface area (Å²) in [5.74, 6) is 1.37. The van der Waals surface area contributed by atoms with Crippen molar-refractivity contribution < 1.29 is 4.74 Å². The molecule has 5 heteroatoms. The summed E-state index contributed by atoms with van der Waals surface area (Å²) in [5, 5.41) is 0.482. The average Bonchev–Trinajstić information content (AvgIpc) is 2.68.